The molecule has 8 nitrogen and oxygen atoms in total. The number of aliphatic carboxylic acids is 1. The van der Waals surface area contributed by atoms with E-state index in [4.69, 9.17) is 5.11 Å². The normalized spacial score (nSPS) is 20.5. The minimum absolute atomic E-state index is 0.00135. The average molecular weight is 616 g/mol. The van der Waals surface area contributed by atoms with Gasteiger partial charge in [0.2, 0.25) is 10.0 Å². The molecule has 0 saturated heterocycles. The van der Waals surface area contributed by atoms with Crippen LogP contribution in [0.25, 0.3) is 10.4 Å². The highest BCUT2D eigenvalue weighted by molar-refractivity contribution is 7.89. The molecule has 1 heterocycles. The Kier molecular flexibility index (Phi) is 8.92. The van der Waals surface area contributed by atoms with Gasteiger partial charge < -0.3 is 10.4 Å². The number of nitrogens with zero attached hydrogens (tertiary/aromatic N) is 1. The zero-order chi connectivity index (χ0) is 30.3. The lowest BCUT2D eigenvalue weighted by Crippen LogP contribution is -2.46. The molecule has 0 aliphatic heterocycles. The second kappa shape index (κ2) is 11.6. The molecule has 1 amide bonds. The van der Waals surface area contributed by atoms with Crippen LogP contribution < -0.4 is 10.0 Å². The van der Waals surface area contributed by atoms with E-state index in [1.54, 1.807) is 20.8 Å². The van der Waals surface area contributed by atoms with Crippen LogP contribution in [-0.2, 0) is 27.4 Å². The zero-order valence-corrected chi connectivity index (χ0v) is 25.2. The molecule has 0 spiro atoms. The number of benzene rings is 1. The van der Waals surface area contributed by atoms with E-state index in [1.165, 1.54) is 6.07 Å². The fraction of sp³-hybridized carbons (Fsp3) is 0.607. The first kappa shape index (κ1) is 31.4. The molecule has 0 unspecified atom stereocenters. The van der Waals surface area contributed by atoms with Gasteiger partial charge in [0.05, 0.1) is 26.9 Å². The summed E-state index contributed by atoms with van der Waals surface area (Å²) in [7, 11) is -4.26. The molecule has 41 heavy (non-hydrogen) atoms. The van der Waals surface area contributed by atoms with Crippen molar-refractivity contribution in [3.05, 3.63) is 34.0 Å². The topological polar surface area (TPSA) is 125 Å². The molecular weight excluding hydrogens is 579 g/mol. The number of hydrogen-bond donors (Lipinski definition) is 3. The average Bonchev–Trinajstić information content (AvgIpc) is 3.22. The second-order valence-electron chi connectivity index (χ2n) is 12.1. The first-order valence-corrected chi connectivity index (χ1v) is 16.0. The van der Waals surface area contributed by atoms with Gasteiger partial charge in [0.25, 0.3) is 5.91 Å². The number of carbonyl (C=O) groups excluding carboxylic acids is 1. The zero-order valence-electron chi connectivity index (χ0n) is 23.5. The van der Waals surface area contributed by atoms with E-state index in [0.717, 1.165) is 56.4 Å². The highest BCUT2D eigenvalue weighted by Crippen LogP contribution is 2.45. The molecule has 1 aromatic carbocycles. The van der Waals surface area contributed by atoms with Crippen LogP contribution in [0.2, 0.25) is 0 Å². The molecule has 0 bridgehead atoms. The maximum absolute atomic E-state index is 14.6. The Balaban J connectivity index is 1.77. The first-order chi connectivity index (χ1) is 19.0. The number of carbonyl (C=O) groups is 2. The first-order valence-electron chi connectivity index (χ1n) is 13.7. The van der Waals surface area contributed by atoms with Crippen molar-refractivity contribution >= 4 is 33.2 Å². The summed E-state index contributed by atoms with van der Waals surface area (Å²) in [4.78, 5) is 28.4. The van der Waals surface area contributed by atoms with Crippen LogP contribution >= 0.6 is 11.3 Å². The van der Waals surface area contributed by atoms with E-state index < -0.39 is 55.6 Å². The molecule has 0 radical (unpaired) electrons. The number of nitrogens with one attached hydrogen (secondary N) is 2. The molecule has 2 aliphatic carbocycles. The van der Waals surface area contributed by atoms with Crippen LogP contribution in [0.1, 0.15) is 92.3 Å². The number of sulfonamides is 1. The fourth-order valence-corrected chi connectivity index (χ4v) is 8.34. The predicted octanol–water partition coefficient (Wildman–Crippen LogP) is 5.93. The van der Waals surface area contributed by atoms with Crippen LogP contribution in [0.4, 0.5) is 13.2 Å². The van der Waals surface area contributed by atoms with Crippen LogP contribution in [0, 0.1) is 18.8 Å². The Labute approximate surface area is 242 Å². The number of carboxylic acid groups (broad SMARTS) is 1. The number of aromatic nitrogens is 1. The predicted molar refractivity (Wildman–Crippen MR) is 149 cm³/mol. The lowest BCUT2D eigenvalue weighted by atomic mass is 9.80. The lowest BCUT2D eigenvalue weighted by molar-refractivity contribution is -0.145. The van der Waals surface area contributed by atoms with E-state index in [-0.39, 0.29) is 40.2 Å². The van der Waals surface area contributed by atoms with Gasteiger partial charge in [0.15, 0.2) is 5.01 Å². The Morgan fingerprint density at radius 2 is 1.73 bits per heavy atom. The van der Waals surface area contributed by atoms with Gasteiger partial charge in [-0.05, 0) is 64.5 Å². The number of alkyl halides is 3. The number of amides is 1. The van der Waals surface area contributed by atoms with Gasteiger partial charge in [0, 0.05) is 17.1 Å². The Morgan fingerprint density at radius 3 is 2.29 bits per heavy atom. The standard InChI is InChI=1S/C28H36F3N3O5S2/c1-15-21(41(38,39)34-27(2,3)4)11-10-19(22(15)28(29,30)31)23-20(12-16-8-6-5-7-9-16)33-25(40-23)24(35)32-18-13-17(14-18)26(36)37/h10-11,16-18,34H,5-9,12-14H2,1-4H3,(H,32,35)(H,36,37)/t17-,18-. The Morgan fingerprint density at radius 1 is 1.10 bits per heavy atom. The van der Waals surface area contributed by atoms with Gasteiger partial charge in [-0.2, -0.15) is 13.2 Å². The highest BCUT2D eigenvalue weighted by atomic mass is 32.2. The van der Waals surface area contributed by atoms with Crippen LogP contribution in [0.15, 0.2) is 17.0 Å². The summed E-state index contributed by atoms with van der Waals surface area (Å²) in [6.07, 6.45) is 1.06. The van der Waals surface area contributed by atoms with E-state index in [0.29, 0.717) is 12.1 Å². The summed E-state index contributed by atoms with van der Waals surface area (Å²) >= 11 is 0.851. The van der Waals surface area contributed by atoms with Crippen molar-refractivity contribution in [1.29, 1.82) is 0 Å². The third kappa shape index (κ3) is 7.29. The van der Waals surface area contributed by atoms with Gasteiger partial charge >= 0.3 is 12.1 Å². The molecule has 2 saturated carbocycles. The molecule has 4 rings (SSSR count). The van der Waals surface area contributed by atoms with Crippen molar-refractivity contribution in [2.75, 3.05) is 0 Å². The number of carboxylic acids is 1. The summed E-state index contributed by atoms with van der Waals surface area (Å²) in [6, 6.07) is 2.00. The molecule has 13 heteroatoms. The van der Waals surface area contributed by atoms with Crippen LogP contribution in [0.5, 0.6) is 0 Å². The van der Waals surface area contributed by atoms with Crippen molar-refractivity contribution < 1.29 is 36.3 Å². The summed E-state index contributed by atoms with van der Waals surface area (Å²) in [5.74, 6) is -1.80. The Bertz CT molecular complexity index is 1420. The van der Waals surface area contributed by atoms with E-state index in [1.807, 2.05) is 0 Å². The van der Waals surface area contributed by atoms with Crippen molar-refractivity contribution in [2.45, 2.75) is 102 Å². The molecule has 2 aromatic rings. The summed E-state index contributed by atoms with van der Waals surface area (Å²) in [5.41, 5.74) is -2.22. The minimum atomic E-state index is -4.88. The van der Waals surface area contributed by atoms with E-state index in [2.05, 4.69) is 15.0 Å². The SMILES string of the molecule is Cc1c(S(=O)(=O)NC(C)(C)C)ccc(-c2sc(C(=O)N[C@H]3C[C@H](C(=O)O)C3)nc2CC2CCCCC2)c1C(F)(F)F. The van der Waals surface area contributed by atoms with Gasteiger partial charge in [-0.3, -0.25) is 9.59 Å². The van der Waals surface area contributed by atoms with Crippen molar-refractivity contribution in [2.24, 2.45) is 11.8 Å². The number of halogens is 3. The molecule has 2 aliphatic rings. The third-order valence-corrected chi connectivity index (χ3v) is 10.6. The molecule has 2 fully saturated rings. The quantitative estimate of drug-likeness (QED) is 0.338. The highest BCUT2D eigenvalue weighted by Gasteiger charge is 2.40. The number of rotatable bonds is 8. The Hall–Kier alpha value is -2.51. The number of thiazole rings is 1. The molecule has 1 aromatic heterocycles. The van der Waals surface area contributed by atoms with Crippen LogP contribution in [-0.4, -0.2) is 42.0 Å². The van der Waals surface area contributed by atoms with Crippen LogP contribution in [0.3, 0.4) is 0 Å². The second-order valence-corrected chi connectivity index (χ2v) is 14.8. The molecular formula is C28H36F3N3O5S2. The maximum Gasteiger partial charge on any atom is 0.417 e. The van der Waals surface area contributed by atoms with Crippen molar-refractivity contribution in [1.82, 2.24) is 15.0 Å². The lowest BCUT2D eigenvalue weighted by Gasteiger charge is -2.32. The van der Waals surface area contributed by atoms with E-state index >= 15 is 0 Å². The molecule has 226 valence electrons. The largest absolute Gasteiger partial charge is 0.481 e. The molecule has 3 N–H and O–H groups in total. The van der Waals surface area contributed by atoms with Gasteiger partial charge in [-0.15, -0.1) is 11.3 Å². The van der Waals surface area contributed by atoms with Gasteiger partial charge in [0.1, 0.15) is 0 Å². The van der Waals surface area contributed by atoms with Crippen molar-refractivity contribution in [3.63, 3.8) is 0 Å². The van der Waals surface area contributed by atoms with Gasteiger partial charge in [-0.25, -0.2) is 18.1 Å². The summed E-state index contributed by atoms with van der Waals surface area (Å²) in [6.45, 7) is 5.96. The summed E-state index contributed by atoms with van der Waals surface area (Å²) in [5, 5.41) is 11.9. The van der Waals surface area contributed by atoms with E-state index in [9.17, 15) is 31.2 Å². The fourth-order valence-electron chi connectivity index (χ4n) is 5.64. The third-order valence-electron chi connectivity index (χ3n) is 7.59. The summed E-state index contributed by atoms with van der Waals surface area (Å²) < 4.78 is 72.4. The number of hydrogen-bond acceptors (Lipinski definition) is 6. The molecule has 0 atom stereocenters. The monoisotopic (exact) mass is 615 g/mol. The van der Waals surface area contributed by atoms with Crippen molar-refractivity contribution in [3.8, 4) is 10.4 Å². The maximum atomic E-state index is 14.6. The smallest absolute Gasteiger partial charge is 0.417 e. The van der Waals surface area contributed by atoms with Gasteiger partial charge in [-0.1, -0.05) is 38.2 Å². The minimum Gasteiger partial charge on any atom is -0.481 e.